The first-order valence-corrected chi connectivity index (χ1v) is 7.54. The molecule has 2 unspecified atom stereocenters. The summed E-state index contributed by atoms with van der Waals surface area (Å²) in [4.78, 5) is 14.1. The Balaban J connectivity index is 2.09. The van der Waals surface area contributed by atoms with Crippen molar-refractivity contribution in [3.63, 3.8) is 0 Å². The van der Waals surface area contributed by atoms with Crippen molar-refractivity contribution in [3.8, 4) is 5.75 Å². The first-order chi connectivity index (χ1) is 10.2. The highest BCUT2D eigenvalue weighted by Crippen LogP contribution is 2.26. The zero-order chi connectivity index (χ0) is 15.2. The summed E-state index contributed by atoms with van der Waals surface area (Å²) in [6.45, 7) is 8.28. The molecule has 5 nitrogen and oxygen atoms in total. The first-order valence-electron chi connectivity index (χ1n) is 7.54. The largest absolute Gasteiger partial charge is 0.494 e. The summed E-state index contributed by atoms with van der Waals surface area (Å²) in [5.74, 6) is 0.966. The van der Waals surface area contributed by atoms with Crippen molar-refractivity contribution in [1.29, 1.82) is 0 Å². The summed E-state index contributed by atoms with van der Waals surface area (Å²) in [7, 11) is 0. The standard InChI is InChI=1S/C16H24N2O3/c1-4-20-11-10-18-15(17-12(3)16(18)19)13-6-8-14(9-7-13)21-5-2/h6-9,12,15,17H,4-5,10-11H2,1-3H3. The lowest BCUT2D eigenvalue weighted by Crippen LogP contribution is -2.33. The molecule has 1 aliphatic heterocycles. The van der Waals surface area contributed by atoms with Crippen LogP contribution in [0.5, 0.6) is 5.75 Å². The number of ether oxygens (including phenoxy) is 2. The second-order valence-electron chi connectivity index (χ2n) is 5.02. The molecule has 2 rings (SSSR count). The number of benzene rings is 1. The van der Waals surface area contributed by atoms with E-state index >= 15 is 0 Å². The fourth-order valence-corrected chi connectivity index (χ4v) is 2.51. The molecule has 0 spiro atoms. The molecular weight excluding hydrogens is 268 g/mol. The third-order valence-corrected chi connectivity index (χ3v) is 3.56. The minimum absolute atomic E-state index is 0.0939. The van der Waals surface area contributed by atoms with Gasteiger partial charge in [0.2, 0.25) is 5.91 Å². The van der Waals surface area contributed by atoms with Gasteiger partial charge in [0.15, 0.2) is 0 Å². The molecule has 0 radical (unpaired) electrons. The lowest BCUT2D eigenvalue weighted by Gasteiger charge is -2.24. The van der Waals surface area contributed by atoms with E-state index in [9.17, 15) is 4.79 Å². The molecule has 0 bridgehead atoms. The van der Waals surface area contributed by atoms with Gasteiger partial charge in [-0.05, 0) is 38.5 Å². The van der Waals surface area contributed by atoms with Crippen molar-refractivity contribution in [2.75, 3.05) is 26.4 Å². The number of carbonyl (C=O) groups is 1. The van der Waals surface area contributed by atoms with E-state index in [1.165, 1.54) is 0 Å². The molecule has 1 aromatic rings. The van der Waals surface area contributed by atoms with E-state index in [0.717, 1.165) is 11.3 Å². The lowest BCUT2D eigenvalue weighted by molar-refractivity contribution is -0.130. The van der Waals surface area contributed by atoms with Gasteiger partial charge in [-0.2, -0.15) is 0 Å². The quantitative estimate of drug-likeness (QED) is 0.780. The molecule has 1 aliphatic rings. The second-order valence-corrected chi connectivity index (χ2v) is 5.02. The van der Waals surface area contributed by atoms with E-state index in [-0.39, 0.29) is 18.1 Å². The predicted molar refractivity (Wildman–Crippen MR) is 81.2 cm³/mol. The fourth-order valence-electron chi connectivity index (χ4n) is 2.51. The van der Waals surface area contributed by atoms with Crippen molar-refractivity contribution in [2.45, 2.75) is 33.0 Å². The lowest BCUT2D eigenvalue weighted by atomic mass is 10.1. The van der Waals surface area contributed by atoms with E-state index < -0.39 is 0 Å². The van der Waals surface area contributed by atoms with Crippen LogP contribution in [0.1, 0.15) is 32.5 Å². The van der Waals surface area contributed by atoms with Crippen LogP contribution >= 0.6 is 0 Å². The Bertz CT molecular complexity index is 461. The Morgan fingerprint density at radius 3 is 2.52 bits per heavy atom. The van der Waals surface area contributed by atoms with Gasteiger partial charge in [-0.25, -0.2) is 0 Å². The maximum atomic E-state index is 12.2. The molecule has 1 N–H and O–H groups in total. The molecule has 5 heteroatoms. The number of nitrogens with zero attached hydrogens (tertiary/aromatic N) is 1. The van der Waals surface area contributed by atoms with Crippen LogP contribution in [0.2, 0.25) is 0 Å². The highest BCUT2D eigenvalue weighted by Gasteiger charge is 2.36. The number of hydrogen-bond acceptors (Lipinski definition) is 4. The van der Waals surface area contributed by atoms with Gasteiger partial charge in [-0.3, -0.25) is 10.1 Å². The number of nitrogens with one attached hydrogen (secondary N) is 1. The van der Waals surface area contributed by atoms with Crippen LogP contribution in [-0.4, -0.2) is 43.2 Å². The molecule has 2 atom stereocenters. The average Bonchev–Trinajstić information content (AvgIpc) is 2.77. The molecule has 1 fully saturated rings. The normalized spacial score (nSPS) is 21.9. The number of amides is 1. The molecule has 21 heavy (non-hydrogen) atoms. The van der Waals surface area contributed by atoms with Gasteiger partial charge >= 0.3 is 0 Å². The van der Waals surface area contributed by atoms with Crippen LogP contribution in [0.4, 0.5) is 0 Å². The van der Waals surface area contributed by atoms with Crippen molar-refractivity contribution in [3.05, 3.63) is 29.8 Å². The monoisotopic (exact) mass is 292 g/mol. The van der Waals surface area contributed by atoms with Crippen molar-refractivity contribution in [1.82, 2.24) is 10.2 Å². The number of rotatable bonds is 7. The number of carbonyl (C=O) groups excluding carboxylic acids is 1. The number of hydrogen-bond donors (Lipinski definition) is 1. The molecule has 116 valence electrons. The van der Waals surface area contributed by atoms with Gasteiger partial charge in [-0.1, -0.05) is 12.1 Å². The van der Waals surface area contributed by atoms with Gasteiger partial charge in [-0.15, -0.1) is 0 Å². The van der Waals surface area contributed by atoms with Crippen LogP contribution in [-0.2, 0) is 9.53 Å². The van der Waals surface area contributed by atoms with E-state index in [1.807, 2.05) is 49.9 Å². The van der Waals surface area contributed by atoms with Crippen LogP contribution in [0, 0.1) is 0 Å². The summed E-state index contributed by atoms with van der Waals surface area (Å²) < 4.78 is 10.8. The van der Waals surface area contributed by atoms with Gasteiger partial charge in [0, 0.05) is 13.2 Å². The zero-order valence-corrected chi connectivity index (χ0v) is 13.0. The minimum atomic E-state index is -0.164. The van der Waals surface area contributed by atoms with Gasteiger partial charge in [0.05, 0.1) is 19.3 Å². The van der Waals surface area contributed by atoms with E-state index in [1.54, 1.807) is 0 Å². The summed E-state index contributed by atoms with van der Waals surface area (Å²) in [5.41, 5.74) is 1.06. The SMILES string of the molecule is CCOCCN1C(=O)C(C)NC1c1ccc(OCC)cc1. The van der Waals surface area contributed by atoms with E-state index in [4.69, 9.17) is 9.47 Å². The minimum Gasteiger partial charge on any atom is -0.494 e. The smallest absolute Gasteiger partial charge is 0.241 e. The zero-order valence-electron chi connectivity index (χ0n) is 13.0. The Labute approximate surface area is 126 Å². The highest BCUT2D eigenvalue weighted by molar-refractivity contribution is 5.84. The van der Waals surface area contributed by atoms with Crippen molar-refractivity contribution < 1.29 is 14.3 Å². The summed E-state index contributed by atoms with van der Waals surface area (Å²) in [5, 5.41) is 3.33. The maximum Gasteiger partial charge on any atom is 0.241 e. The predicted octanol–water partition coefficient (Wildman–Crippen LogP) is 1.94. The average molecular weight is 292 g/mol. The second kappa shape index (κ2) is 7.43. The van der Waals surface area contributed by atoms with Gasteiger partial charge in [0.25, 0.3) is 0 Å². The van der Waals surface area contributed by atoms with Crippen LogP contribution in [0.15, 0.2) is 24.3 Å². The van der Waals surface area contributed by atoms with Gasteiger partial charge < -0.3 is 14.4 Å². The maximum absolute atomic E-state index is 12.2. The molecule has 1 amide bonds. The summed E-state index contributed by atoms with van der Waals surface area (Å²) in [6, 6.07) is 7.72. The third kappa shape index (κ3) is 3.74. The van der Waals surface area contributed by atoms with Crippen LogP contribution in [0.25, 0.3) is 0 Å². The molecular formula is C16H24N2O3. The summed E-state index contributed by atoms with van der Waals surface area (Å²) in [6.07, 6.45) is -0.0939. The van der Waals surface area contributed by atoms with Crippen LogP contribution in [0.3, 0.4) is 0 Å². The Morgan fingerprint density at radius 1 is 1.19 bits per heavy atom. The fraction of sp³-hybridized carbons (Fsp3) is 0.562. The Kier molecular flexibility index (Phi) is 5.59. The van der Waals surface area contributed by atoms with Gasteiger partial charge in [0.1, 0.15) is 11.9 Å². The van der Waals surface area contributed by atoms with E-state index in [0.29, 0.717) is 26.4 Å². The molecule has 0 aliphatic carbocycles. The van der Waals surface area contributed by atoms with Crippen molar-refractivity contribution in [2.24, 2.45) is 0 Å². The molecule has 0 saturated carbocycles. The third-order valence-electron chi connectivity index (χ3n) is 3.56. The molecule has 0 aromatic heterocycles. The van der Waals surface area contributed by atoms with Crippen LogP contribution < -0.4 is 10.1 Å². The molecule has 1 heterocycles. The Hall–Kier alpha value is -1.59. The van der Waals surface area contributed by atoms with E-state index in [2.05, 4.69) is 5.32 Å². The Morgan fingerprint density at radius 2 is 1.90 bits per heavy atom. The topological polar surface area (TPSA) is 50.8 Å². The molecule has 1 saturated heterocycles. The van der Waals surface area contributed by atoms with Crippen molar-refractivity contribution >= 4 is 5.91 Å². The first kappa shape index (κ1) is 15.8. The molecule has 1 aromatic carbocycles. The highest BCUT2D eigenvalue weighted by atomic mass is 16.5. The summed E-state index contributed by atoms with van der Waals surface area (Å²) >= 11 is 0.